The van der Waals surface area contributed by atoms with Crippen LogP contribution in [0.25, 0.3) is 0 Å². The van der Waals surface area contributed by atoms with Gasteiger partial charge in [-0.05, 0) is 23.8 Å². The number of hydrogen-bond acceptors (Lipinski definition) is 8. The van der Waals surface area contributed by atoms with Crippen LogP contribution in [-0.4, -0.2) is 50.3 Å². The van der Waals surface area contributed by atoms with Crippen molar-refractivity contribution < 1.29 is 46.6 Å². The third-order valence-corrected chi connectivity index (χ3v) is 6.85. The predicted octanol–water partition coefficient (Wildman–Crippen LogP) is 4.35. The fourth-order valence-electron chi connectivity index (χ4n) is 4.04. The molecule has 0 spiro atoms. The molecule has 1 unspecified atom stereocenters. The maximum absolute atomic E-state index is 12.2. The minimum atomic E-state index is -4.57. The second kappa shape index (κ2) is 11.0. The summed E-state index contributed by atoms with van der Waals surface area (Å²) >= 11 is 0. The minimum absolute atomic E-state index is 0.103. The smallest absolute Gasteiger partial charge is 0.336 e. The fourth-order valence-corrected chi connectivity index (χ4v) is 4.78. The van der Waals surface area contributed by atoms with Gasteiger partial charge < -0.3 is 24.1 Å². The van der Waals surface area contributed by atoms with Crippen LogP contribution in [0.5, 0.6) is 23.0 Å². The van der Waals surface area contributed by atoms with Crippen molar-refractivity contribution in [3.05, 3.63) is 102 Å². The lowest BCUT2D eigenvalue weighted by Crippen LogP contribution is -2.16. The molecule has 202 valence electrons. The summed E-state index contributed by atoms with van der Waals surface area (Å²) in [6.45, 7) is 6.67. The lowest BCUT2D eigenvalue weighted by atomic mass is 9.82. The first-order chi connectivity index (χ1) is 18.5. The first-order valence-electron chi connectivity index (χ1n) is 11.4. The van der Waals surface area contributed by atoms with Crippen molar-refractivity contribution in [3.8, 4) is 23.0 Å². The largest absolute Gasteiger partial charge is 0.489 e. The Morgan fingerprint density at radius 2 is 1.41 bits per heavy atom. The molecule has 11 heteroatoms. The van der Waals surface area contributed by atoms with Gasteiger partial charge in [-0.25, -0.2) is 9.59 Å². The lowest BCUT2D eigenvalue weighted by molar-refractivity contribution is -0.136. The van der Waals surface area contributed by atoms with Gasteiger partial charge in [0.05, 0.1) is 23.2 Å². The third-order valence-electron chi connectivity index (χ3n) is 5.92. The van der Waals surface area contributed by atoms with Gasteiger partial charge in [0.2, 0.25) is 0 Å². The Bertz CT molecular complexity index is 1590. The van der Waals surface area contributed by atoms with Crippen molar-refractivity contribution in [2.24, 2.45) is 0 Å². The minimum Gasteiger partial charge on any atom is -0.489 e. The first-order valence-corrected chi connectivity index (χ1v) is 12.9. The van der Waals surface area contributed by atoms with E-state index in [4.69, 9.17) is 19.3 Å². The van der Waals surface area contributed by atoms with E-state index in [0.717, 1.165) is 0 Å². The average Bonchev–Trinajstić information content (AvgIpc) is 2.91. The summed E-state index contributed by atoms with van der Waals surface area (Å²) in [5.41, 5.74) is 1.44. The Morgan fingerprint density at radius 3 is 1.92 bits per heavy atom. The van der Waals surface area contributed by atoms with E-state index >= 15 is 0 Å². The number of ether oxygens (including phenoxy) is 4. The summed E-state index contributed by atoms with van der Waals surface area (Å²) in [5, 5.41) is 9.05. The Morgan fingerprint density at radius 1 is 0.872 bits per heavy atom. The van der Waals surface area contributed by atoms with E-state index in [1.165, 1.54) is 19.2 Å². The van der Waals surface area contributed by atoms with E-state index in [1.54, 1.807) is 48.5 Å². The van der Waals surface area contributed by atoms with E-state index < -0.39 is 28.0 Å². The molecular formula is C28H24O10S. The van der Waals surface area contributed by atoms with Gasteiger partial charge in [0.25, 0.3) is 10.1 Å². The first kappa shape index (κ1) is 27.4. The van der Waals surface area contributed by atoms with Crippen LogP contribution in [0.2, 0.25) is 0 Å². The Labute approximate surface area is 224 Å². The zero-order valence-electron chi connectivity index (χ0n) is 20.7. The van der Waals surface area contributed by atoms with Gasteiger partial charge >= 0.3 is 11.9 Å². The zero-order valence-corrected chi connectivity index (χ0v) is 21.6. The van der Waals surface area contributed by atoms with E-state index in [9.17, 15) is 22.6 Å². The number of rotatable bonds is 10. The van der Waals surface area contributed by atoms with Gasteiger partial charge in [-0.15, -0.1) is 0 Å². The number of aliphatic carboxylic acids is 1. The summed E-state index contributed by atoms with van der Waals surface area (Å²) in [6.07, 6.45) is 0. The van der Waals surface area contributed by atoms with Crippen molar-refractivity contribution >= 4 is 22.1 Å². The number of benzene rings is 3. The molecule has 0 fully saturated rings. The van der Waals surface area contributed by atoms with Crippen LogP contribution >= 0.6 is 0 Å². The topological polar surface area (TPSA) is 146 Å². The molecule has 0 amide bonds. The van der Waals surface area contributed by atoms with Gasteiger partial charge in [0.15, 0.2) is 0 Å². The molecule has 1 aliphatic rings. The van der Waals surface area contributed by atoms with Crippen LogP contribution in [-0.2, 0) is 24.4 Å². The molecule has 0 aliphatic carbocycles. The van der Waals surface area contributed by atoms with Gasteiger partial charge in [-0.1, -0.05) is 43.5 Å². The Balaban J connectivity index is 1.77. The summed E-state index contributed by atoms with van der Waals surface area (Å²) in [6, 6.07) is 15.8. The highest BCUT2D eigenvalue weighted by molar-refractivity contribution is 7.85. The molecule has 0 bridgehead atoms. The molecule has 1 aliphatic heterocycles. The molecule has 0 aromatic heterocycles. The molecule has 10 nitrogen and oxygen atoms in total. The number of carbonyl (C=O) groups is 2. The number of fused-ring (bicyclic) bond motifs is 2. The van der Waals surface area contributed by atoms with Gasteiger partial charge in [0.1, 0.15) is 36.2 Å². The second-order valence-corrected chi connectivity index (χ2v) is 9.92. The standard InChI is InChI=1S/C28H24O10S/c1-16(27(29)30)14-36-18-8-10-20-23(12-18)38-24-13-19(37-15-17(2)28(31)35-3)9-11-21(24)26(20)22-6-4-5-7-25(22)39(32,33)34/h4-13,26H,1-2,14-15H2,3H3,(H,29,30)(H,32,33,34). The van der Waals surface area contributed by atoms with Crippen molar-refractivity contribution in [3.63, 3.8) is 0 Å². The van der Waals surface area contributed by atoms with Crippen molar-refractivity contribution in [2.45, 2.75) is 10.8 Å². The van der Waals surface area contributed by atoms with Gasteiger partial charge in [0, 0.05) is 29.2 Å². The van der Waals surface area contributed by atoms with Crippen LogP contribution < -0.4 is 14.2 Å². The summed E-state index contributed by atoms with van der Waals surface area (Å²) < 4.78 is 56.4. The van der Waals surface area contributed by atoms with Crippen molar-refractivity contribution in [2.75, 3.05) is 20.3 Å². The highest BCUT2D eigenvalue weighted by Gasteiger charge is 2.33. The predicted molar refractivity (Wildman–Crippen MR) is 139 cm³/mol. The number of hydrogen-bond donors (Lipinski definition) is 2. The maximum atomic E-state index is 12.2. The molecule has 2 N–H and O–H groups in total. The summed E-state index contributed by atoms with van der Waals surface area (Å²) in [4.78, 5) is 22.4. The summed E-state index contributed by atoms with van der Waals surface area (Å²) in [7, 11) is -3.33. The monoisotopic (exact) mass is 552 g/mol. The van der Waals surface area contributed by atoms with Crippen molar-refractivity contribution in [1.29, 1.82) is 0 Å². The molecule has 3 aromatic carbocycles. The fraction of sp³-hybridized carbons (Fsp3) is 0.143. The number of methoxy groups -OCH3 is 1. The molecule has 3 aromatic rings. The maximum Gasteiger partial charge on any atom is 0.336 e. The summed E-state index contributed by atoms with van der Waals surface area (Å²) in [5.74, 6) is -1.21. The van der Waals surface area contributed by atoms with Crippen LogP contribution in [0, 0.1) is 0 Å². The highest BCUT2D eigenvalue weighted by atomic mass is 32.2. The van der Waals surface area contributed by atoms with Crippen LogP contribution in [0.15, 0.2) is 89.9 Å². The Kier molecular flexibility index (Phi) is 7.75. The number of carboxylic acids is 1. The molecule has 1 heterocycles. The van der Waals surface area contributed by atoms with Gasteiger partial charge in [-0.2, -0.15) is 8.42 Å². The molecule has 39 heavy (non-hydrogen) atoms. The van der Waals surface area contributed by atoms with E-state index in [-0.39, 0.29) is 29.3 Å². The third kappa shape index (κ3) is 5.95. The molecular weight excluding hydrogens is 528 g/mol. The van der Waals surface area contributed by atoms with Crippen LogP contribution in [0.1, 0.15) is 22.6 Å². The van der Waals surface area contributed by atoms with Crippen LogP contribution in [0.3, 0.4) is 0 Å². The highest BCUT2D eigenvalue weighted by Crippen LogP contribution is 2.50. The number of esters is 1. The molecule has 0 saturated carbocycles. The van der Waals surface area contributed by atoms with Crippen LogP contribution in [0.4, 0.5) is 0 Å². The quantitative estimate of drug-likeness (QED) is 0.165. The van der Waals surface area contributed by atoms with Crippen molar-refractivity contribution in [1.82, 2.24) is 0 Å². The number of carboxylic acid groups (broad SMARTS) is 1. The number of carbonyl (C=O) groups excluding carboxylic acids is 1. The molecule has 1 atom stereocenters. The van der Waals surface area contributed by atoms with E-state index in [0.29, 0.717) is 39.7 Å². The normalized spacial score (nSPS) is 13.7. The van der Waals surface area contributed by atoms with E-state index in [1.807, 2.05) is 0 Å². The molecule has 0 saturated heterocycles. The second-order valence-electron chi connectivity index (χ2n) is 8.53. The average molecular weight is 553 g/mol. The molecule has 0 radical (unpaired) electrons. The Hall–Kier alpha value is -4.61. The lowest BCUT2D eigenvalue weighted by Gasteiger charge is -2.30. The zero-order chi connectivity index (χ0) is 28.3. The van der Waals surface area contributed by atoms with Gasteiger partial charge in [-0.3, -0.25) is 4.55 Å². The SMILES string of the molecule is C=C(COc1ccc2c(c1)Oc1cc(OCC(=C)C(=O)OC)ccc1C2c1ccccc1S(=O)(=O)O)C(=O)O. The molecule has 4 rings (SSSR count). The van der Waals surface area contributed by atoms with E-state index in [2.05, 4.69) is 17.9 Å².